The van der Waals surface area contributed by atoms with Crippen LogP contribution in [-0.2, 0) is 6.54 Å². The summed E-state index contributed by atoms with van der Waals surface area (Å²) in [6.07, 6.45) is 2.50. The lowest BCUT2D eigenvalue weighted by Crippen LogP contribution is -2.48. The third kappa shape index (κ3) is 3.27. The first kappa shape index (κ1) is 13.0. The van der Waals surface area contributed by atoms with Gasteiger partial charge in [-0.25, -0.2) is 0 Å². The normalized spacial score (nSPS) is 24.8. The highest BCUT2D eigenvalue weighted by Crippen LogP contribution is 2.29. The average molecular weight is 299 g/mol. The Balaban J connectivity index is 1.98. The molecule has 1 aliphatic rings. The van der Waals surface area contributed by atoms with Crippen LogP contribution in [0, 0.1) is 5.41 Å². The summed E-state index contributed by atoms with van der Waals surface area (Å²) in [5, 5.41) is 9.91. The molecule has 1 N–H and O–H groups in total. The number of rotatable bonds is 2. The summed E-state index contributed by atoms with van der Waals surface area (Å²) in [7, 11) is 0. The molecule has 0 radical (unpaired) electrons. The van der Waals surface area contributed by atoms with Crippen molar-refractivity contribution in [1.82, 2.24) is 9.88 Å². The standard InChI is InChI=1S/C13H19BrN2O/c1-13(2)9-16(6-5-12(13)17)8-11-4-3-10(14)7-15-11/h3-4,7,12,17H,5-6,8-9H2,1-2H3. The Hall–Kier alpha value is -0.450. The molecule has 17 heavy (non-hydrogen) atoms. The van der Waals surface area contributed by atoms with Crippen LogP contribution in [0.2, 0.25) is 0 Å². The van der Waals surface area contributed by atoms with E-state index in [2.05, 4.69) is 39.7 Å². The van der Waals surface area contributed by atoms with E-state index in [0.717, 1.165) is 36.2 Å². The summed E-state index contributed by atoms with van der Waals surface area (Å²) in [6, 6.07) is 4.06. The van der Waals surface area contributed by atoms with E-state index < -0.39 is 0 Å². The minimum atomic E-state index is -0.184. The molecule has 1 aliphatic heterocycles. The molecule has 1 saturated heterocycles. The van der Waals surface area contributed by atoms with Crippen LogP contribution < -0.4 is 0 Å². The van der Waals surface area contributed by atoms with Crippen LogP contribution in [0.5, 0.6) is 0 Å². The van der Waals surface area contributed by atoms with Gasteiger partial charge in [0.05, 0.1) is 11.8 Å². The van der Waals surface area contributed by atoms with Crippen molar-refractivity contribution in [2.45, 2.75) is 32.9 Å². The van der Waals surface area contributed by atoms with Gasteiger partial charge in [0.2, 0.25) is 0 Å². The van der Waals surface area contributed by atoms with E-state index in [1.807, 2.05) is 18.3 Å². The van der Waals surface area contributed by atoms with E-state index in [0.29, 0.717) is 0 Å². The van der Waals surface area contributed by atoms with Gasteiger partial charge < -0.3 is 5.11 Å². The minimum Gasteiger partial charge on any atom is -0.392 e. The van der Waals surface area contributed by atoms with Crippen LogP contribution in [0.25, 0.3) is 0 Å². The van der Waals surface area contributed by atoms with E-state index >= 15 is 0 Å². The molecule has 1 unspecified atom stereocenters. The Morgan fingerprint density at radius 1 is 1.53 bits per heavy atom. The highest BCUT2D eigenvalue weighted by atomic mass is 79.9. The van der Waals surface area contributed by atoms with Crippen LogP contribution in [0.4, 0.5) is 0 Å². The number of pyridine rings is 1. The second-order valence-electron chi connectivity index (χ2n) is 5.47. The summed E-state index contributed by atoms with van der Waals surface area (Å²) in [5.74, 6) is 0. The molecule has 3 nitrogen and oxygen atoms in total. The van der Waals surface area contributed by atoms with Crippen molar-refractivity contribution in [2.75, 3.05) is 13.1 Å². The largest absolute Gasteiger partial charge is 0.392 e. The van der Waals surface area contributed by atoms with Crippen molar-refractivity contribution in [3.63, 3.8) is 0 Å². The van der Waals surface area contributed by atoms with Crippen molar-refractivity contribution in [2.24, 2.45) is 5.41 Å². The van der Waals surface area contributed by atoms with Crippen LogP contribution in [0.15, 0.2) is 22.8 Å². The molecule has 4 heteroatoms. The summed E-state index contributed by atoms with van der Waals surface area (Å²) < 4.78 is 1.01. The Morgan fingerprint density at radius 3 is 2.88 bits per heavy atom. The van der Waals surface area contributed by atoms with Crippen molar-refractivity contribution < 1.29 is 5.11 Å². The van der Waals surface area contributed by atoms with Gasteiger partial charge in [-0.15, -0.1) is 0 Å². The van der Waals surface area contributed by atoms with E-state index in [1.54, 1.807) is 0 Å². The molecule has 0 spiro atoms. The van der Waals surface area contributed by atoms with Crippen LogP contribution in [0.1, 0.15) is 26.0 Å². The SMILES string of the molecule is CC1(C)CN(Cc2ccc(Br)cn2)CCC1O. The number of likely N-dealkylation sites (tertiary alicyclic amines) is 1. The highest BCUT2D eigenvalue weighted by Gasteiger charge is 2.34. The van der Waals surface area contributed by atoms with Crippen LogP contribution >= 0.6 is 15.9 Å². The third-order valence-electron chi connectivity index (χ3n) is 3.43. The Labute approximate surface area is 111 Å². The first-order valence-corrected chi connectivity index (χ1v) is 6.77. The molecule has 2 heterocycles. The van der Waals surface area contributed by atoms with E-state index in [-0.39, 0.29) is 11.5 Å². The quantitative estimate of drug-likeness (QED) is 0.911. The molecule has 0 aliphatic carbocycles. The van der Waals surface area contributed by atoms with Gasteiger partial charge in [0.1, 0.15) is 0 Å². The number of halogens is 1. The molecule has 1 aromatic heterocycles. The third-order valence-corrected chi connectivity index (χ3v) is 3.90. The van der Waals surface area contributed by atoms with Crippen molar-refractivity contribution in [1.29, 1.82) is 0 Å². The maximum absolute atomic E-state index is 9.91. The summed E-state index contributed by atoms with van der Waals surface area (Å²) in [4.78, 5) is 6.75. The number of aliphatic hydroxyl groups excluding tert-OH is 1. The first-order chi connectivity index (χ1) is 7.97. The fourth-order valence-corrected chi connectivity index (χ4v) is 2.55. The average Bonchev–Trinajstić information content (AvgIpc) is 2.26. The predicted molar refractivity (Wildman–Crippen MR) is 71.6 cm³/mol. The molecule has 94 valence electrons. The number of aromatic nitrogens is 1. The van der Waals surface area contributed by atoms with Gasteiger partial charge >= 0.3 is 0 Å². The fourth-order valence-electron chi connectivity index (χ4n) is 2.32. The number of piperidine rings is 1. The number of hydrogen-bond acceptors (Lipinski definition) is 3. The number of aliphatic hydroxyl groups is 1. The Kier molecular flexibility index (Phi) is 3.85. The molecule has 0 aromatic carbocycles. The summed E-state index contributed by atoms with van der Waals surface area (Å²) >= 11 is 3.39. The van der Waals surface area contributed by atoms with E-state index in [9.17, 15) is 5.11 Å². The van der Waals surface area contributed by atoms with Gasteiger partial charge in [-0.3, -0.25) is 9.88 Å². The van der Waals surface area contributed by atoms with Crippen LogP contribution in [0.3, 0.4) is 0 Å². The Morgan fingerprint density at radius 2 is 2.29 bits per heavy atom. The van der Waals surface area contributed by atoms with Crippen molar-refractivity contribution >= 4 is 15.9 Å². The van der Waals surface area contributed by atoms with Gasteiger partial charge in [0.25, 0.3) is 0 Å². The molecule has 0 saturated carbocycles. The lowest BCUT2D eigenvalue weighted by molar-refractivity contribution is -0.0273. The van der Waals surface area contributed by atoms with Gasteiger partial charge in [0, 0.05) is 35.7 Å². The molecular weight excluding hydrogens is 280 g/mol. The van der Waals surface area contributed by atoms with Gasteiger partial charge in [0.15, 0.2) is 0 Å². The molecule has 1 fully saturated rings. The molecule has 1 atom stereocenters. The van der Waals surface area contributed by atoms with Gasteiger partial charge in [-0.1, -0.05) is 13.8 Å². The lowest BCUT2D eigenvalue weighted by Gasteiger charge is -2.41. The maximum Gasteiger partial charge on any atom is 0.0615 e. The van der Waals surface area contributed by atoms with Gasteiger partial charge in [-0.2, -0.15) is 0 Å². The number of hydrogen-bond donors (Lipinski definition) is 1. The molecule has 0 bridgehead atoms. The second-order valence-corrected chi connectivity index (χ2v) is 6.39. The fraction of sp³-hybridized carbons (Fsp3) is 0.615. The van der Waals surface area contributed by atoms with Crippen molar-refractivity contribution in [3.05, 3.63) is 28.5 Å². The zero-order valence-corrected chi connectivity index (χ0v) is 11.9. The predicted octanol–water partition coefficient (Wildman–Crippen LogP) is 2.44. The van der Waals surface area contributed by atoms with E-state index in [4.69, 9.17) is 0 Å². The maximum atomic E-state index is 9.91. The van der Waals surface area contributed by atoms with E-state index in [1.165, 1.54) is 0 Å². The second kappa shape index (κ2) is 5.04. The Bertz CT molecular complexity index is 378. The van der Waals surface area contributed by atoms with Crippen molar-refractivity contribution in [3.8, 4) is 0 Å². The molecule has 2 rings (SSSR count). The summed E-state index contributed by atoms with van der Waals surface area (Å²) in [5.41, 5.74) is 1.06. The minimum absolute atomic E-state index is 0.0202. The highest BCUT2D eigenvalue weighted by molar-refractivity contribution is 9.10. The zero-order chi connectivity index (χ0) is 12.5. The topological polar surface area (TPSA) is 36.4 Å². The van der Waals surface area contributed by atoms with Crippen LogP contribution in [-0.4, -0.2) is 34.2 Å². The zero-order valence-electron chi connectivity index (χ0n) is 10.4. The molecule has 1 aromatic rings. The monoisotopic (exact) mass is 298 g/mol. The molecule has 0 amide bonds. The summed E-state index contributed by atoms with van der Waals surface area (Å²) in [6.45, 7) is 6.98. The number of nitrogens with zero attached hydrogens (tertiary/aromatic N) is 2. The molecular formula is C13H19BrN2O. The lowest BCUT2D eigenvalue weighted by atomic mass is 9.81. The first-order valence-electron chi connectivity index (χ1n) is 5.98. The van der Waals surface area contributed by atoms with Gasteiger partial charge in [-0.05, 0) is 34.5 Å². The smallest absolute Gasteiger partial charge is 0.0615 e.